The number of aromatic nitrogens is 4. The normalized spacial score (nSPS) is 18.9. The molecule has 1 N–H and O–H groups in total. The Morgan fingerprint density at radius 1 is 0.974 bits per heavy atom. The number of nitrogens with one attached hydrogen (secondary N) is 1. The molecule has 2 aliphatic heterocycles. The van der Waals surface area contributed by atoms with E-state index in [0.717, 1.165) is 88.7 Å². The Balaban J connectivity index is 1.13. The molecule has 2 aromatic carbocycles. The Hall–Kier alpha value is -3.56. The highest BCUT2D eigenvalue weighted by atomic mass is 16.5. The molecule has 38 heavy (non-hydrogen) atoms. The largest absolute Gasteiger partial charge is 0.491 e. The fourth-order valence-electron chi connectivity index (χ4n) is 5.86. The van der Waals surface area contributed by atoms with Gasteiger partial charge in [-0.15, -0.1) is 0 Å². The van der Waals surface area contributed by atoms with Crippen molar-refractivity contribution < 1.29 is 4.74 Å². The van der Waals surface area contributed by atoms with Gasteiger partial charge in [-0.25, -0.2) is 15.0 Å². The molecule has 9 nitrogen and oxygen atoms in total. The first kappa shape index (κ1) is 24.8. The highest BCUT2D eigenvalue weighted by Crippen LogP contribution is 2.32. The van der Waals surface area contributed by atoms with Crippen LogP contribution < -0.4 is 9.64 Å². The molecule has 4 heterocycles. The van der Waals surface area contributed by atoms with Gasteiger partial charge in [-0.05, 0) is 49.5 Å². The number of hydrogen-bond acceptors (Lipinski definition) is 8. The minimum atomic E-state index is 0.258. The fraction of sp³-hybridized carbons (Fsp3) is 0.448. The van der Waals surface area contributed by atoms with Gasteiger partial charge in [0, 0.05) is 51.2 Å². The zero-order chi connectivity index (χ0) is 25.7. The van der Waals surface area contributed by atoms with Crippen LogP contribution in [0.4, 0.5) is 5.82 Å². The summed E-state index contributed by atoms with van der Waals surface area (Å²) in [6.45, 7) is 12.5. The Morgan fingerprint density at radius 3 is 2.68 bits per heavy atom. The molecule has 2 aromatic heterocycles. The second-order valence-electron chi connectivity index (χ2n) is 10.3. The number of anilines is 1. The van der Waals surface area contributed by atoms with E-state index in [-0.39, 0.29) is 6.04 Å². The van der Waals surface area contributed by atoms with Gasteiger partial charge in [-0.3, -0.25) is 4.90 Å². The molecule has 2 fully saturated rings. The maximum Gasteiger partial charge on any atom is 0.182 e. The molecular weight excluding hydrogens is 476 g/mol. The van der Waals surface area contributed by atoms with Gasteiger partial charge < -0.3 is 24.5 Å². The maximum atomic E-state index is 6.51. The SMILES string of the molecule is C=NCCCN1CCN(Cc2ccc(OC[C@H]3CCCN3c3ncnc4nc[nH]c34)c3ccccc23)CC1. The summed E-state index contributed by atoms with van der Waals surface area (Å²) in [5.74, 6) is 1.86. The second kappa shape index (κ2) is 11.4. The molecule has 2 aliphatic rings. The highest BCUT2D eigenvalue weighted by molar-refractivity contribution is 5.91. The summed E-state index contributed by atoms with van der Waals surface area (Å²) < 4.78 is 6.51. The van der Waals surface area contributed by atoms with Gasteiger partial charge >= 0.3 is 0 Å². The van der Waals surface area contributed by atoms with Gasteiger partial charge in [-0.1, -0.05) is 30.3 Å². The summed E-state index contributed by atoms with van der Waals surface area (Å²) in [4.78, 5) is 27.8. The van der Waals surface area contributed by atoms with Gasteiger partial charge in [0.1, 0.15) is 24.2 Å². The third kappa shape index (κ3) is 5.21. The summed E-state index contributed by atoms with van der Waals surface area (Å²) >= 11 is 0. The van der Waals surface area contributed by atoms with Crippen molar-refractivity contribution in [1.29, 1.82) is 0 Å². The van der Waals surface area contributed by atoms with Crippen LogP contribution in [0.15, 0.2) is 54.0 Å². The Bertz CT molecular complexity index is 1380. The minimum absolute atomic E-state index is 0.258. The van der Waals surface area contributed by atoms with E-state index in [1.165, 1.54) is 16.3 Å². The number of rotatable bonds is 10. The van der Waals surface area contributed by atoms with E-state index in [1.54, 1.807) is 12.7 Å². The van der Waals surface area contributed by atoms with E-state index in [2.05, 4.69) is 82.7 Å². The summed E-state index contributed by atoms with van der Waals surface area (Å²) in [6.07, 6.45) is 6.57. The second-order valence-corrected chi connectivity index (χ2v) is 10.3. The van der Waals surface area contributed by atoms with Crippen molar-refractivity contribution in [2.24, 2.45) is 4.99 Å². The topological polar surface area (TPSA) is 85.8 Å². The lowest BCUT2D eigenvalue weighted by Gasteiger charge is -2.35. The van der Waals surface area contributed by atoms with Crippen LogP contribution >= 0.6 is 0 Å². The van der Waals surface area contributed by atoms with Gasteiger partial charge in [0.25, 0.3) is 0 Å². The summed E-state index contributed by atoms with van der Waals surface area (Å²) in [6, 6.07) is 13.3. The van der Waals surface area contributed by atoms with E-state index in [9.17, 15) is 0 Å². The lowest BCUT2D eigenvalue weighted by Crippen LogP contribution is -2.46. The third-order valence-corrected chi connectivity index (χ3v) is 7.91. The quantitative estimate of drug-likeness (QED) is 0.256. The standard InChI is InChI=1S/C29H36N8O/c1-30-11-5-12-35-14-16-36(17-15-35)18-22-9-10-26(25-8-3-2-7-24(22)25)38-19-23-6-4-13-37(23)29-27-28(32-20-31-27)33-21-34-29/h2-3,7-10,20-21,23H,1,4-6,11-19H2,(H,31,32,33,34)/t23-/m1/s1. The van der Waals surface area contributed by atoms with E-state index in [0.29, 0.717) is 12.3 Å². The van der Waals surface area contributed by atoms with E-state index in [1.807, 2.05) is 0 Å². The number of benzene rings is 2. The van der Waals surface area contributed by atoms with E-state index < -0.39 is 0 Å². The number of aromatic amines is 1. The number of aliphatic imine (C=N–C) groups is 1. The number of ether oxygens (including phenoxy) is 1. The minimum Gasteiger partial charge on any atom is -0.491 e. The molecule has 0 amide bonds. The number of fused-ring (bicyclic) bond motifs is 2. The molecule has 0 saturated carbocycles. The van der Waals surface area contributed by atoms with Crippen molar-refractivity contribution in [3.05, 3.63) is 54.6 Å². The maximum absolute atomic E-state index is 6.51. The van der Waals surface area contributed by atoms with Crippen molar-refractivity contribution in [3.8, 4) is 5.75 Å². The first-order valence-corrected chi connectivity index (χ1v) is 13.7. The van der Waals surface area contributed by atoms with Gasteiger partial charge in [0.15, 0.2) is 11.5 Å². The smallest absolute Gasteiger partial charge is 0.182 e. The Labute approximate surface area is 223 Å². The van der Waals surface area contributed by atoms with Crippen molar-refractivity contribution >= 4 is 34.5 Å². The number of hydrogen-bond donors (Lipinski definition) is 1. The molecule has 0 radical (unpaired) electrons. The van der Waals surface area contributed by atoms with Crippen LogP contribution in [0.25, 0.3) is 21.9 Å². The zero-order valence-electron chi connectivity index (χ0n) is 21.9. The van der Waals surface area contributed by atoms with Crippen LogP contribution in [0.3, 0.4) is 0 Å². The van der Waals surface area contributed by atoms with E-state index in [4.69, 9.17) is 4.74 Å². The number of nitrogens with zero attached hydrogens (tertiary/aromatic N) is 7. The monoisotopic (exact) mass is 512 g/mol. The summed E-state index contributed by atoms with van der Waals surface area (Å²) in [7, 11) is 0. The van der Waals surface area contributed by atoms with Crippen LogP contribution in [0.1, 0.15) is 24.8 Å². The fourth-order valence-corrected chi connectivity index (χ4v) is 5.86. The number of imidazole rings is 1. The summed E-state index contributed by atoms with van der Waals surface area (Å²) in [5.41, 5.74) is 2.96. The molecule has 4 aromatic rings. The third-order valence-electron chi connectivity index (χ3n) is 7.91. The molecule has 0 bridgehead atoms. The molecule has 0 unspecified atom stereocenters. The lowest BCUT2D eigenvalue weighted by molar-refractivity contribution is 0.127. The van der Waals surface area contributed by atoms with Crippen LogP contribution in [0.5, 0.6) is 5.75 Å². The average molecular weight is 513 g/mol. The van der Waals surface area contributed by atoms with Crippen LogP contribution in [-0.4, -0.2) is 94.9 Å². The predicted molar refractivity (Wildman–Crippen MR) is 152 cm³/mol. The molecule has 1 atom stereocenters. The lowest BCUT2D eigenvalue weighted by atomic mass is 10.0. The molecule has 0 aliphatic carbocycles. The van der Waals surface area contributed by atoms with E-state index >= 15 is 0 Å². The zero-order valence-corrected chi connectivity index (χ0v) is 21.9. The average Bonchev–Trinajstić information content (AvgIpc) is 3.63. The van der Waals surface area contributed by atoms with Gasteiger partial charge in [0.05, 0.1) is 12.4 Å². The van der Waals surface area contributed by atoms with Crippen LogP contribution in [0, 0.1) is 0 Å². The number of piperazine rings is 1. The van der Waals surface area contributed by atoms with Gasteiger partial charge in [-0.2, -0.15) is 0 Å². The Morgan fingerprint density at radius 2 is 1.82 bits per heavy atom. The van der Waals surface area contributed by atoms with Crippen LogP contribution in [0.2, 0.25) is 0 Å². The number of H-pyrrole nitrogens is 1. The van der Waals surface area contributed by atoms with Crippen molar-refractivity contribution in [3.63, 3.8) is 0 Å². The summed E-state index contributed by atoms with van der Waals surface area (Å²) in [5, 5.41) is 2.46. The van der Waals surface area contributed by atoms with Crippen LogP contribution in [-0.2, 0) is 6.54 Å². The molecule has 6 rings (SSSR count). The van der Waals surface area contributed by atoms with Crippen molar-refractivity contribution in [2.75, 3.05) is 57.3 Å². The Kier molecular flexibility index (Phi) is 7.46. The first-order chi connectivity index (χ1) is 18.8. The predicted octanol–water partition coefficient (Wildman–Crippen LogP) is 3.76. The van der Waals surface area contributed by atoms with Crippen molar-refractivity contribution in [2.45, 2.75) is 31.8 Å². The molecular formula is C29H36N8O. The van der Waals surface area contributed by atoms with Gasteiger partial charge in [0.2, 0.25) is 0 Å². The van der Waals surface area contributed by atoms with Crippen molar-refractivity contribution in [1.82, 2.24) is 29.7 Å². The first-order valence-electron chi connectivity index (χ1n) is 13.7. The molecule has 2 saturated heterocycles. The molecule has 0 spiro atoms. The highest BCUT2D eigenvalue weighted by Gasteiger charge is 2.28. The molecule has 9 heteroatoms. The molecule has 198 valence electrons.